The van der Waals surface area contributed by atoms with Crippen molar-refractivity contribution in [2.45, 2.75) is 13.0 Å². The van der Waals surface area contributed by atoms with Crippen LogP contribution in [0.2, 0.25) is 0 Å². The van der Waals surface area contributed by atoms with Crippen molar-refractivity contribution in [3.8, 4) is 0 Å². The first-order valence-corrected chi connectivity index (χ1v) is 7.05. The Morgan fingerprint density at radius 1 is 1.09 bits per heavy atom. The monoisotopic (exact) mass is 297 g/mol. The second kappa shape index (κ2) is 7.83. The molecule has 5 nitrogen and oxygen atoms in total. The molecule has 0 aliphatic rings. The van der Waals surface area contributed by atoms with Crippen molar-refractivity contribution < 1.29 is 9.90 Å². The van der Waals surface area contributed by atoms with Crippen LogP contribution < -0.4 is 10.6 Å². The second-order valence-electron chi connectivity index (χ2n) is 4.83. The summed E-state index contributed by atoms with van der Waals surface area (Å²) in [5.41, 5.74) is 1.94. The Labute approximate surface area is 129 Å². The third-order valence-electron chi connectivity index (χ3n) is 3.06. The van der Waals surface area contributed by atoms with Crippen molar-refractivity contribution >= 4 is 17.6 Å². The molecule has 0 aliphatic carbocycles. The normalized spacial score (nSPS) is 12.5. The van der Waals surface area contributed by atoms with Crippen LogP contribution in [0.25, 0.3) is 0 Å². The van der Waals surface area contributed by atoms with Crippen LogP contribution in [0.5, 0.6) is 0 Å². The van der Waals surface area contributed by atoms with E-state index in [0.29, 0.717) is 5.96 Å². The van der Waals surface area contributed by atoms with Crippen LogP contribution in [0, 0.1) is 0 Å². The van der Waals surface area contributed by atoms with E-state index in [1.54, 1.807) is 0 Å². The van der Waals surface area contributed by atoms with Gasteiger partial charge in [-0.25, -0.2) is 4.99 Å². The lowest BCUT2D eigenvalue weighted by molar-refractivity contribution is -0.135. The number of rotatable bonds is 5. The van der Waals surface area contributed by atoms with E-state index in [9.17, 15) is 4.79 Å². The number of para-hydroxylation sites is 1. The number of aliphatic carboxylic acids is 1. The Balaban J connectivity index is 2.10. The van der Waals surface area contributed by atoms with Crippen LogP contribution in [-0.2, 0) is 4.79 Å². The lowest BCUT2D eigenvalue weighted by Crippen LogP contribution is -2.33. The number of hydrogen-bond donors (Lipinski definition) is 3. The largest absolute Gasteiger partial charge is 0.480 e. The maximum atomic E-state index is 10.7. The van der Waals surface area contributed by atoms with Gasteiger partial charge >= 0.3 is 5.97 Å². The Bertz CT molecular complexity index is 627. The smallest absolute Gasteiger partial charge is 0.325 e. The first-order valence-electron chi connectivity index (χ1n) is 7.05. The molecule has 0 spiro atoms. The highest BCUT2D eigenvalue weighted by atomic mass is 16.4. The van der Waals surface area contributed by atoms with Crippen LogP contribution in [0.3, 0.4) is 0 Å². The fourth-order valence-electron chi connectivity index (χ4n) is 1.96. The van der Waals surface area contributed by atoms with E-state index in [2.05, 4.69) is 15.6 Å². The molecule has 0 fully saturated rings. The minimum atomic E-state index is -0.971. The van der Waals surface area contributed by atoms with Gasteiger partial charge in [0.25, 0.3) is 0 Å². The molecule has 2 rings (SSSR count). The molecule has 1 atom stereocenters. The van der Waals surface area contributed by atoms with E-state index in [1.807, 2.05) is 67.6 Å². The highest BCUT2D eigenvalue weighted by Crippen LogP contribution is 2.12. The Kier molecular flexibility index (Phi) is 5.54. The summed E-state index contributed by atoms with van der Waals surface area (Å²) in [4.78, 5) is 14.8. The van der Waals surface area contributed by atoms with Crippen molar-refractivity contribution in [3.63, 3.8) is 0 Å². The summed E-state index contributed by atoms with van der Waals surface area (Å²) >= 11 is 0. The molecule has 2 aromatic carbocycles. The lowest BCUT2D eigenvalue weighted by Gasteiger charge is -2.18. The van der Waals surface area contributed by atoms with Gasteiger partial charge in [0, 0.05) is 5.69 Å². The highest BCUT2D eigenvalue weighted by Gasteiger charge is 2.08. The van der Waals surface area contributed by atoms with E-state index < -0.39 is 5.97 Å². The van der Waals surface area contributed by atoms with Gasteiger partial charge in [-0.15, -0.1) is 0 Å². The minimum absolute atomic E-state index is 0.00459. The van der Waals surface area contributed by atoms with Crippen molar-refractivity contribution in [1.29, 1.82) is 0 Å². The molecule has 0 saturated heterocycles. The molecule has 0 heterocycles. The zero-order chi connectivity index (χ0) is 15.8. The van der Waals surface area contributed by atoms with Crippen LogP contribution >= 0.6 is 0 Å². The zero-order valence-electron chi connectivity index (χ0n) is 12.4. The number of carboxylic acid groups (broad SMARTS) is 1. The topological polar surface area (TPSA) is 73.7 Å². The summed E-state index contributed by atoms with van der Waals surface area (Å²) in [5.74, 6) is -0.536. The van der Waals surface area contributed by atoms with Gasteiger partial charge in [0.15, 0.2) is 5.96 Å². The molecular formula is C17H19N3O2. The average molecular weight is 297 g/mol. The quantitative estimate of drug-likeness (QED) is 0.586. The molecule has 0 aromatic heterocycles. The van der Waals surface area contributed by atoms with Gasteiger partial charge in [-0.3, -0.25) is 4.79 Å². The average Bonchev–Trinajstić information content (AvgIpc) is 2.54. The molecule has 0 bridgehead atoms. The number of nitrogens with zero attached hydrogens (tertiary/aromatic N) is 1. The molecule has 0 unspecified atom stereocenters. The molecule has 0 amide bonds. The van der Waals surface area contributed by atoms with Gasteiger partial charge in [0.1, 0.15) is 6.54 Å². The molecule has 0 aliphatic heterocycles. The number of benzene rings is 2. The van der Waals surface area contributed by atoms with Crippen LogP contribution in [0.15, 0.2) is 65.7 Å². The number of carbonyl (C=O) groups is 1. The summed E-state index contributed by atoms with van der Waals surface area (Å²) in [7, 11) is 0. The minimum Gasteiger partial charge on any atom is -0.480 e. The number of guanidine groups is 1. The van der Waals surface area contributed by atoms with Crippen molar-refractivity contribution in [2.24, 2.45) is 4.99 Å². The Morgan fingerprint density at radius 2 is 1.68 bits per heavy atom. The van der Waals surface area contributed by atoms with Crippen LogP contribution in [-0.4, -0.2) is 23.6 Å². The third kappa shape index (κ3) is 4.94. The van der Waals surface area contributed by atoms with Crippen molar-refractivity contribution in [3.05, 3.63) is 66.2 Å². The summed E-state index contributed by atoms with van der Waals surface area (Å²) in [5, 5.41) is 15.1. The molecule has 0 radical (unpaired) electrons. The highest BCUT2D eigenvalue weighted by molar-refractivity contribution is 5.94. The van der Waals surface area contributed by atoms with Gasteiger partial charge in [-0.1, -0.05) is 48.5 Å². The van der Waals surface area contributed by atoms with E-state index in [1.165, 1.54) is 0 Å². The summed E-state index contributed by atoms with van der Waals surface area (Å²) in [6, 6.07) is 19.4. The standard InChI is InChI=1S/C17H19N3O2/c1-13(14-8-4-2-5-9-14)19-17(18-12-16(21)22)20-15-10-6-3-7-11-15/h2-11,13H,12H2,1H3,(H,21,22)(H2,18,19,20)/t13-/m0/s1. The number of aliphatic imine (C=N–C) groups is 1. The van der Waals surface area contributed by atoms with Crippen molar-refractivity contribution in [1.82, 2.24) is 5.32 Å². The Hall–Kier alpha value is -2.82. The number of hydrogen-bond acceptors (Lipinski definition) is 2. The number of nitrogens with one attached hydrogen (secondary N) is 2. The van der Waals surface area contributed by atoms with Crippen LogP contribution in [0.4, 0.5) is 5.69 Å². The second-order valence-corrected chi connectivity index (χ2v) is 4.83. The SMILES string of the molecule is C[C@H](NC(=NCC(=O)O)Nc1ccccc1)c1ccccc1. The first kappa shape index (κ1) is 15.6. The Morgan fingerprint density at radius 3 is 2.27 bits per heavy atom. The fraction of sp³-hybridized carbons (Fsp3) is 0.176. The summed E-state index contributed by atoms with van der Waals surface area (Å²) < 4.78 is 0. The molecule has 114 valence electrons. The molecule has 0 saturated carbocycles. The van der Waals surface area contributed by atoms with E-state index in [0.717, 1.165) is 11.3 Å². The molecule has 5 heteroatoms. The zero-order valence-corrected chi connectivity index (χ0v) is 12.4. The number of anilines is 1. The summed E-state index contributed by atoms with van der Waals surface area (Å²) in [6.45, 7) is 1.71. The van der Waals surface area contributed by atoms with Crippen LogP contribution in [0.1, 0.15) is 18.5 Å². The maximum Gasteiger partial charge on any atom is 0.325 e. The predicted molar refractivity (Wildman–Crippen MR) is 88.0 cm³/mol. The molecule has 3 N–H and O–H groups in total. The van der Waals surface area contributed by atoms with Gasteiger partial charge in [0.2, 0.25) is 0 Å². The third-order valence-corrected chi connectivity index (χ3v) is 3.06. The van der Waals surface area contributed by atoms with Gasteiger partial charge in [0.05, 0.1) is 6.04 Å². The van der Waals surface area contributed by atoms with E-state index in [-0.39, 0.29) is 12.6 Å². The summed E-state index contributed by atoms with van der Waals surface area (Å²) in [6.07, 6.45) is 0. The lowest BCUT2D eigenvalue weighted by atomic mass is 10.1. The van der Waals surface area contributed by atoms with E-state index >= 15 is 0 Å². The van der Waals surface area contributed by atoms with E-state index in [4.69, 9.17) is 5.11 Å². The van der Waals surface area contributed by atoms with Crippen molar-refractivity contribution in [2.75, 3.05) is 11.9 Å². The van der Waals surface area contributed by atoms with Gasteiger partial charge < -0.3 is 15.7 Å². The van der Waals surface area contributed by atoms with Gasteiger partial charge in [-0.2, -0.15) is 0 Å². The fourth-order valence-corrected chi connectivity index (χ4v) is 1.96. The molecule has 2 aromatic rings. The first-order chi connectivity index (χ1) is 10.6. The predicted octanol–water partition coefficient (Wildman–Crippen LogP) is 2.89. The number of carboxylic acids is 1. The molecular weight excluding hydrogens is 278 g/mol. The maximum absolute atomic E-state index is 10.7. The van der Waals surface area contributed by atoms with Gasteiger partial charge in [-0.05, 0) is 24.6 Å². The molecule has 22 heavy (non-hydrogen) atoms.